The lowest BCUT2D eigenvalue weighted by atomic mass is 10.2. The SMILES string of the molecule is C=CONCc1ccc(C)cc1. The summed E-state index contributed by atoms with van der Waals surface area (Å²) in [7, 11) is 0. The molecule has 0 fully saturated rings. The normalized spacial score (nSPS) is 9.42. The molecule has 1 aromatic rings. The minimum Gasteiger partial charge on any atom is -0.417 e. The summed E-state index contributed by atoms with van der Waals surface area (Å²) in [5.41, 5.74) is 5.22. The molecule has 1 aromatic carbocycles. The maximum atomic E-state index is 4.78. The van der Waals surface area contributed by atoms with Crippen LogP contribution in [0.1, 0.15) is 11.1 Å². The minimum atomic E-state index is 0.701. The van der Waals surface area contributed by atoms with E-state index < -0.39 is 0 Å². The molecular weight excluding hydrogens is 150 g/mol. The Morgan fingerprint density at radius 3 is 2.67 bits per heavy atom. The molecule has 12 heavy (non-hydrogen) atoms. The highest BCUT2D eigenvalue weighted by Crippen LogP contribution is 2.01. The average Bonchev–Trinajstić information content (AvgIpc) is 2.09. The van der Waals surface area contributed by atoms with Crippen molar-refractivity contribution in [2.24, 2.45) is 0 Å². The summed E-state index contributed by atoms with van der Waals surface area (Å²) in [6.45, 7) is 6.19. The van der Waals surface area contributed by atoms with E-state index in [9.17, 15) is 0 Å². The smallest absolute Gasteiger partial charge is 0.104 e. The summed E-state index contributed by atoms with van der Waals surface area (Å²) in [6.07, 6.45) is 1.37. The predicted molar refractivity (Wildman–Crippen MR) is 49.3 cm³/mol. The fraction of sp³-hybridized carbons (Fsp3) is 0.200. The van der Waals surface area contributed by atoms with Gasteiger partial charge in [-0.1, -0.05) is 36.4 Å². The van der Waals surface area contributed by atoms with Crippen LogP contribution in [0.3, 0.4) is 0 Å². The Kier molecular flexibility index (Phi) is 3.35. The quantitative estimate of drug-likeness (QED) is 0.417. The largest absolute Gasteiger partial charge is 0.417 e. The lowest BCUT2D eigenvalue weighted by Gasteiger charge is -2.02. The zero-order valence-corrected chi connectivity index (χ0v) is 7.21. The molecule has 2 nitrogen and oxygen atoms in total. The summed E-state index contributed by atoms with van der Waals surface area (Å²) >= 11 is 0. The van der Waals surface area contributed by atoms with Gasteiger partial charge in [0.1, 0.15) is 6.26 Å². The molecule has 0 saturated heterocycles. The molecule has 0 aliphatic carbocycles. The van der Waals surface area contributed by atoms with E-state index in [0.29, 0.717) is 6.54 Å². The zero-order chi connectivity index (χ0) is 8.81. The first-order valence-corrected chi connectivity index (χ1v) is 3.88. The lowest BCUT2D eigenvalue weighted by Crippen LogP contribution is -2.09. The van der Waals surface area contributed by atoms with Gasteiger partial charge in [-0.05, 0) is 12.5 Å². The number of nitrogens with one attached hydrogen (secondary N) is 1. The van der Waals surface area contributed by atoms with Crippen LogP contribution in [0.5, 0.6) is 0 Å². The Hall–Kier alpha value is -1.28. The molecular formula is C10H13NO. The van der Waals surface area contributed by atoms with E-state index in [1.807, 2.05) is 0 Å². The third-order valence-electron chi connectivity index (χ3n) is 1.56. The third kappa shape index (κ3) is 2.76. The lowest BCUT2D eigenvalue weighted by molar-refractivity contribution is 0.130. The first kappa shape index (κ1) is 8.81. The van der Waals surface area contributed by atoms with Crippen LogP contribution < -0.4 is 5.48 Å². The summed E-state index contributed by atoms with van der Waals surface area (Å²) < 4.78 is 0. The highest BCUT2D eigenvalue weighted by atomic mass is 16.6. The first-order chi connectivity index (χ1) is 5.83. The monoisotopic (exact) mass is 163 g/mol. The van der Waals surface area contributed by atoms with Crippen LogP contribution in [-0.4, -0.2) is 0 Å². The molecule has 2 heteroatoms. The molecule has 0 amide bonds. The van der Waals surface area contributed by atoms with Gasteiger partial charge in [0, 0.05) is 0 Å². The van der Waals surface area contributed by atoms with Crippen molar-refractivity contribution < 1.29 is 4.84 Å². The second kappa shape index (κ2) is 4.57. The van der Waals surface area contributed by atoms with Gasteiger partial charge in [0.05, 0.1) is 6.54 Å². The van der Waals surface area contributed by atoms with Crippen LogP contribution >= 0.6 is 0 Å². The van der Waals surface area contributed by atoms with E-state index in [0.717, 1.165) is 0 Å². The average molecular weight is 163 g/mol. The van der Waals surface area contributed by atoms with E-state index in [-0.39, 0.29) is 0 Å². The van der Waals surface area contributed by atoms with Crippen molar-refractivity contribution >= 4 is 0 Å². The fourth-order valence-electron chi connectivity index (χ4n) is 0.890. The number of aryl methyl sites for hydroxylation is 1. The number of rotatable bonds is 4. The van der Waals surface area contributed by atoms with Gasteiger partial charge in [-0.25, -0.2) is 0 Å². The minimum absolute atomic E-state index is 0.701. The number of benzene rings is 1. The van der Waals surface area contributed by atoms with Gasteiger partial charge in [0.2, 0.25) is 0 Å². The van der Waals surface area contributed by atoms with E-state index in [2.05, 4.69) is 43.2 Å². The van der Waals surface area contributed by atoms with Gasteiger partial charge < -0.3 is 4.84 Å². The van der Waals surface area contributed by atoms with Gasteiger partial charge in [-0.15, -0.1) is 0 Å². The van der Waals surface area contributed by atoms with Crippen LogP contribution in [0.4, 0.5) is 0 Å². The van der Waals surface area contributed by atoms with Crippen LogP contribution in [0.25, 0.3) is 0 Å². The molecule has 1 N–H and O–H groups in total. The molecule has 64 valence electrons. The molecule has 0 radical (unpaired) electrons. The molecule has 1 rings (SSSR count). The Bertz CT molecular complexity index is 241. The molecule has 0 aliphatic heterocycles. The van der Waals surface area contributed by atoms with Gasteiger partial charge in [-0.2, -0.15) is 5.48 Å². The van der Waals surface area contributed by atoms with Crippen LogP contribution in [0.2, 0.25) is 0 Å². The zero-order valence-electron chi connectivity index (χ0n) is 7.21. The van der Waals surface area contributed by atoms with E-state index >= 15 is 0 Å². The highest BCUT2D eigenvalue weighted by molar-refractivity contribution is 5.20. The molecule has 0 unspecified atom stereocenters. The van der Waals surface area contributed by atoms with E-state index in [1.54, 1.807) is 0 Å². The Balaban J connectivity index is 2.42. The van der Waals surface area contributed by atoms with Crippen molar-refractivity contribution in [2.45, 2.75) is 13.5 Å². The fourth-order valence-corrected chi connectivity index (χ4v) is 0.890. The van der Waals surface area contributed by atoms with Crippen molar-refractivity contribution in [3.63, 3.8) is 0 Å². The molecule has 0 aliphatic rings. The Morgan fingerprint density at radius 2 is 2.08 bits per heavy atom. The predicted octanol–water partition coefficient (Wildman–Crippen LogP) is 2.16. The molecule has 0 spiro atoms. The second-order valence-electron chi connectivity index (χ2n) is 2.59. The van der Waals surface area contributed by atoms with E-state index in [1.165, 1.54) is 17.4 Å². The van der Waals surface area contributed by atoms with Crippen LogP contribution in [0.15, 0.2) is 37.1 Å². The summed E-state index contributed by atoms with van der Waals surface area (Å²) in [5, 5.41) is 0. The maximum Gasteiger partial charge on any atom is 0.104 e. The molecule has 0 saturated carbocycles. The number of hydrogen-bond acceptors (Lipinski definition) is 2. The van der Waals surface area contributed by atoms with Gasteiger partial charge in [0.15, 0.2) is 0 Å². The van der Waals surface area contributed by atoms with Crippen molar-refractivity contribution in [1.82, 2.24) is 5.48 Å². The van der Waals surface area contributed by atoms with Crippen molar-refractivity contribution in [3.8, 4) is 0 Å². The Morgan fingerprint density at radius 1 is 1.42 bits per heavy atom. The van der Waals surface area contributed by atoms with Gasteiger partial charge in [-0.3, -0.25) is 0 Å². The van der Waals surface area contributed by atoms with Crippen molar-refractivity contribution in [2.75, 3.05) is 0 Å². The molecule has 0 heterocycles. The summed E-state index contributed by atoms with van der Waals surface area (Å²) in [4.78, 5) is 4.78. The second-order valence-corrected chi connectivity index (χ2v) is 2.59. The number of hydroxylamine groups is 1. The molecule has 0 aromatic heterocycles. The number of hydrogen-bond donors (Lipinski definition) is 1. The summed E-state index contributed by atoms with van der Waals surface area (Å²) in [6, 6.07) is 8.28. The van der Waals surface area contributed by atoms with E-state index in [4.69, 9.17) is 4.84 Å². The standard InChI is InChI=1S/C10H13NO/c1-3-12-11-8-10-6-4-9(2)5-7-10/h3-7,11H,1,8H2,2H3. The van der Waals surface area contributed by atoms with Crippen molar-refractivity contribution in [1.29, 1.82) is 0 Å². The van der Waals surface area contributed by atoms with Gasteiger partial charge >= 0.3 is 0 Å². The van der Waals surface area contributed by atoms with Crippen molar-refractivity contribution in [3.05, 3.63) is 48.2 Å². The van der Waals surface area contributed by atoms with Crippen LogP contribution in [-0.2, 0) is 11.4 Å². The third-order valence-corrected chi connectivity index (χ3v) is 1.56. The summed E-state index contributed by atoms with van der Waals surface area (Å²) in [5.74, 6) is 0. The Labute approximate surface area is 72.8 Å². The maximum absolute atomic E-state index is 4.78. The highest BCUT2D eigenvalue weighted by Gasteiger charge is 1.89. The molecule has 0 atom stereocenters. The molecule has 0 bridgehead atoms. The van der Waals surface area contributed by atoms with Crippen LogP contribution in [0, 0.1) is 6.92 Å². The topological polar surface area (TPSA) is 21.3 Å². The first-order valence-electron chi connectivity index (χ1n) is 3.88. The van der Waals surface area contributed by atoms with Gasteiger partial charge in [0.25, 0.3) is 0 Å².